The third-order valence-corrected chi connectivity index (χ3v) is 4.60. The molecule has 2 aliphatic heterocycles. The summed E-state index contributed by atoms with van der Waals surface area (Å²) in [5, 5.41) is 0. The fourth-order valence-electron chi connectivity index (χ4n) is 3.42. The van der Waals surface area contributed by atoms with Gasteiger partial charge in [-0.2, -0.15) is 0 Å². The lowest BCUT2D eigenvalue weighted by Crippen LogP contribution is -2.42. The highest BCUT2D eigenvalue weighted by atomic mass is 16.2. The van der Waals surface area contributed by atoms with Crippen molar-refractivity contribution in [2.45, 2.75) is 38.6 Å². The Morgan fingerprint density at radius 2 is 1.80 bits per heavy atom. The molecule has 2 aliphatic rings. The summed E-state index contributed by atoms with van der Waals surface area (Å²) in [5.41, 5.74) is 2.04. The molecule has 2 saturated heterocycles. The molecule has 20 heavy (non-hydrogen) atoms. The van der Waals surface area contributed by atoms with Crippen LogP contribution < -0.4 is 0 Å². The maximum absolute atomic E-state index is 12.6. The molecule has 0 aliphatic carbocycles. The monoisotopic (exact) mass is 272 g/mol. The Hall–Kier alpha value is -1.35. The lowest BCUT2D eigenvalue weighted by molar-refractivity contribution is 0.0709. The van der Waals surface area contributed by atoms with E-state index in [2.05, 4.69) is 16.7 Å². The van der Waals surface area contributed by atoms with Gasteiger partial charge in [0.05, 0.1) is 0 Å². The van der Waals surface area contributed by atoms with Gasteiger partial charge in [-0.05, 0) is 57.8 Å². The molecule has 2 heterocycles. The van der Waals surface area contributed by atoms with Gasteiger partial charge in [0.15, 0.2) is 0 Å². The average molecular weight is 272 g/mol. The first-order valence-electron chi connectivity index (χ1n) is 7.84. The van der Waals surface area contributed by atoms with Gasteiger partial charge in [-0.15, -0.1) is 0 Å². The molecule has 1 aromatic rings. The standard InChI is InChI=1S/C17H24N2O/c1-14-6-8-15(9-7-14)17(20)19-12-4-5-16(19)13-18-10-2-3-11-18/h6-9,16H,2-5,10-13H2,1H3. The largest absolute Gasteiger partial charge is 0.334 e. The maximum atomic E-state index is 12.6. The molecule has 2 fully saturated rings. The number of hydrogen-bond acceptors (Lipinski definition) is 2. The second-order valence-corrected chi connectivity index (χ2v) is 6.17. The molecule has 3 rings (SSSR count). The molecule has 1 unspecified atom stereocenters. The molecular formula is C17H24N2O. The summed E-state index contributed by atoms with van der Waals surface area (Å²) < 4.78 is 0. The van der Waals surface area contributed by atoms with Gasteiger partial charge in [-0.25, -0.2) is 0 Å². The quantitative estimate of drug-likeness (QED) is 0.844. The summed E-state index contributed by atoms with van der Waals surface area (Å²) in [4.78, 5) is 17.3. The summed E-state index contributed by atoms with van der Waals surface area (Å²) in [6.45, 7) is 6.47. The predicted molar refractivity (Wildman–Crippen MR) is 80.9 cm³/mol. The molecule has 0 N–H and O–H groups in total. The summed E-state index contributed by atoms with van der Waals surface area (Å²) in [6, 6.07) is 8.39. The number of carbonyl (C=O) groups excluding carboxylic acids is 1. The zero-order chi connectivity index (χ0) is 13.9. The SMILES string of the molecule is Cc1ccc(C(=O)N2CCCC2CN2CCCC2)cc1. The number of nitrogens with zero attached hydrogens (tertiary/aromatic N) is 2. The van der Waals surface area contributed by atoms with Crippen LogP contribution in [-0.2, 0) is 0 Å². The van der Waals surface area contributed by atoms with Gasteiger partial charge >= 0.3 is 0 Å². The van der Waals surface area contributed by atoms with Gasteiger partial charge in [-0.1, -0.05) is 17.7 Å². The van der Waals surface area contributed by atoms with Crippen LogP contribution in [0.25, 0.3) is 0 Å². The van der Waals surface area contributed by atoms with Crippen LogP contribution in [0.5, 0.6) is 0 Å². The average Bonchev–Trinajstić information content (AvgIpc) is 3.11. The number of hydrogen-bond donors (Lipinski definition) is 0. The highest BCUT2D eigenvalue weighted by molar-refractivity contribution is 5.94. The first kappa shape index (κ1) is 13.6. The fourth-order valence-corrected chi connectivity index (χ4v) is 3.42. The molecular weight excluding hydrogens is 248 g/mol. The minimum absolute atomic E-state index is 0.215. The van der Waals surface area contributed by atoms with Crippen LogP contribution in [0.2, 0.25) is 0 Å². The van der Waals surface area contributed by atoms with Crippen molar-refractivity contribution in [3.05, 3.63) is 35.4 Å². The zero-order valence-electron chi connectivity index (χ0n) is 12.3. The third kappa shape index (κ3) is 2.88. The maximum Gasteiger partial charge on any atom is 0.254 e. The van der Waals surface area contributed by atoms with Crippen molar-refractivity contribution in [3.8, 4) is 0 Å². The van der Waals surface area contributed by atoms with Gasteiger partial charge in [0.1, 0.15) is 0 Å². The normalized spacial score (nSPS) is 23.4. The van der Waals surface area contributed by atoms with Crippen molar-refractivity contribution in [2.24, 2.45) is 0 Å². The number of rotatable bonds is 3. The Kier molecular flexibility index (Phi) is 4.06. The van der Waals surface area contributed by atoms with E-state index < -0.39 is 0 Å². The number of aryl methyl sites for hydroxylation is 1. The minimum atomic E-state index is 0.215. The summed E-state index contributed by atoms with van der Waals surface area (Å²) >= 11 is 0. The van der Waals surface area contributed by atoms with E-state index in [-0.39, 0.29) is 5.91 Å². The van der Waals surface area contributed by atoms with Crippen LogP contribution in [0.3, 0.4) is 0 Å². The van der Waals surface area contributed by atoms with Crippen molar-refractivity contribution in [1.29, 1.82) is 0 Å². The first-order chi connectivity index (χ1) is 9.74. The van der Waals surface area contributed by atoms with Crippen LogP contribution in [-0.4, -0.2) is 47.9 Å². The van der Waals surface area contributed by atoms with Crippen molar-refractivity contribution >= 4 is 5.91 Å². The molecule has 0 aromatic heterocycles. The molecule has 108 valence electrons. The van der Waals surface area contributed by atoms with Crippen LogP contribution >= 0.6 is 0 Å². The lowest BCUT2D eigenvalue weighted by atomic mass is 10.1. The highest BCUT2D eigenvalue weighted by Crippen LogP contribution is 2.22. The van der Waals surface area contributed by atoms with E-state index in [1.807, 2.05) is 24.3 Å². The smallest absolute Gasteiger partial charge is 0.254 e. The van der Waals surface area contributed by atoms with Gasteiger partial charge in [-0.3, -0.25) is 4.79 Å². The molecule has 1 amide bonds. The van der Waals surface area contributed by atoms with Crippen molar-refractivity contribution in [1.82, 2.24) is 9.80 Å². The van der Waals surface area contributed by atoms with Crippen LogP contribution in [0.4, 0.5) is 0 Å². The van der Waals surface area contributed by atoms with Crippen molar-refractivity contribution in [3.63, 3.8) is 0 Å². The Bertz CT molecular complexity index is 462. The summed E-state index contributed by atoms with van der Waals surface area (Å²) in [5.74, 6) is 0.215. The van der Waals surface area contributed by atoms with Crippen LogP contribution in [0, 0.1) is 6.92 Å². The van der Waals surface area contributed by atoms with E-state index in [1.165, 1.54) is 31.5 Å². The molecule has 0 spiro atoms. The van der Waals surface area contributed by atoms with Crippen LogP contribution in [0.15, 0.2) is 24.3 Å². The predicted octanol–water partition coefficient (Wildman–Crippen LogP) is 2.70. The van der Waals surface area contributed by atoms with E-state index in [9.17, 15) is 4.79 Å². The number of amides is 1. The van der Waals surface area contributed by atoms with Gasteiger partial charge in [0.2, 0.25) is 0 Å². The molecule has 0 bridgehead atoms. The highest BCUT2D eigenvalue weighted by Gasteiger charge is 2.31. The first-order valence-corrected chi connectivity index (χ1v) is 7.84. The second kappa shape index (κ2) is 5.96. The second-order valence-electron chi connectivity index (χ2n) is 6.17. The molecule has 3 nitrogen and oxygen atoms in total. The Labute approximate surface area is 121 Å². The fraction of sp³-hybridized carbons (Fsp3) is 0.588. The molecule has 0 saturated carbocycles. The Balaban J connectivity index is 1.67. The molecule has 0 radical (unpaired) electrons. The van der Waals surface area contributed by atoms with Gasteiger partial charge in [0, 0.05) is 24.7 Å². The van der Waals surface area contributed by atoms with Gasteiger partial charge in [0.25, 0.3) is 5.91 Å². The van der Waals surface area contributed by atoms with E-state index in [0.717, 1.165) is 31.5 Å². The number of likely N-dealkylation sites (tertiary alicyclic amines) is 2. The van der Waals surface area contributed by atoms with Gasteiger partial charge < -0.3 is 9.80 Å². The zero-order valence-corrected chi connectivity index (χ0v) is 12.3. The molecule has 1 atom stereocenters. The van der Waals surface area contributed by atoms with Crippen LogP contribution in [0.1, 0.15) is 41.6 Å². The van der Waals surface area contributed by atoms with Crippen molar-refractivity contribution in [2.75, 3.05) is 26.2 Å². The number of carbonyl (C=O) groups is 1. The van der Waals surface area contributed by atoms with E-state index >= 15 is 0 Å². The molecule has 3 heteroatoms. The van der Waals surface area contributed by atoms with E-state index in [0.29, 0.717) is 6.04 Å². The Morgan fingerprint density at radius 1 is 1.10 bits per heavy atom. The Morgan fingerprint density at radius 3 is 2.50 bits per heavy atom. The van der Waals surface area contributed by atoms with E-state index in [4.69, 9.17) is 0 Å². The van der Waals surface area contributed by atoms with E-state index in [1.54, 1.807) is 0 Å². The minimum Gasteiger partial charge on any atom is -0.334 e. The number of benzene rings is 1. The third-order valence-electron chi connectivity index (χ3n) is 4.60. The van der Waals surface area contributed by atoms with Crippen molar-refractivity contribution < 1.29 is 4.79 Å². The lowest BCUT2D eigenvalue weighted by Gasteiger charge is -2.28. The topological polar surface area (TPSA) is 23.6 Å². The summed E-state index contributed by atoms with van der Waals surface area (Å²) in [6.07, 6.45) is 4.95. The molecule has 1 aromatic carbocycles. The summed E-state index contributed by atoms with van der Waals surface area (Å²) in [7, 11) is 0.